The number of H-pyrrole nitrogens is 1. The summed E-state index contributed by atoms with van der Waals surface area (Å²) in [5.74, 6) is -0.918. The number of nitrogens with one attached hydrogen (secondary N) is 1. The largest absolute Gasteiger partial charge is 0.364 e. The zero-order valence-electron chi connectivity index (χ0n) is 12.8. The Hall–Kier alpha value is -2.03. The van der Waals surface area contributed by atoms with E-state index in [-0.39, 0.29) is 11.4 Å². The van der Waals surface area contributed by atoms with Crippen LogP contribution < -0.4 is 0 Å². The number of aromatic nitrogens is 2. The van der Waals surface area contributed by atoms with Crippen molar-refractivity contribution in [1.82, 2.24) is 15.2 Å². The van der Waals surface area contributed by atoms with Crippen molar-refractivity contribution in [2.24, 2.45) is 5.10 Å². The zero-order valence-corrected chi connectivity index (χ0v) is 14.3. The number of carbonyl (C=O) groups is 1. The second kappa shape index (κ2) is 6.36. The molecule has 0 saturated carbocycles. The molecule has 10 heteroatoms. The van der Waals surface area contributed by atoms with Gasteiger partial charge < -0.3 is 5.11 Å². The van der Waals surface area contributed by atoms with E-state index in [1.807, 2.05) is 0 Å². The van der Waals surface area contributed by atoms with Crippen molar-refractivity contribution >= 4 is 34.8 Å². The van der Waals surface area contributed by atoms with Crippen molar-refractivity contribution in [3.63, 3.8) is 0 Å². The number of amides is 1. The zero-order chi connectivity index (χ0) is 18.4. The van der Waals surface area contributed by atoms with Crippen molar-refractivity contribution in [2.75, 3.05) is 0 Å². The van der Waals surface area contributed by atoms with Gasteiger partial charge in [0, 0.05) is 17.7 Å². The number of nitrogens with zero attached hydrogens (tertiary/aromatic N) is 3. The van der Waals surface area contributed by atoms with Gasteiger partial charge in [-0.05, 0) is 25.1 Å². The molecule has 132 valence electrons. The van der Waals surface area contributed by atoms with Crippen LogP contribution in [0.15, 0.2) is 29.4 Å². The minimum atomic E-state index is -3.17. The third-order valence-electron chi connectivity index (χ3n) is 3.72. The van der Waals surface area contributed by atoms with Gasteiger partial charge in [0.2, 0.25) is 5.72 Å². The van der Waals surface area contributed by atoms with Crippen LogP contribution in [0.3, 0.4) is 0 Å². The normalized spacial score (nSPS) is 20.3. The summed E-state index contributed by atoms with van der Waals surface area (Å²) in [6.45, 7) is 1.45. The van der Waals surface area contributed by atoms with Crippen LogP contribution >= 0.6 is 23.2 Å². The van der Waals surface area contributed by atoms with Gasteiger partial charge in [-0.25, -0.2) is 8.78 Å². The van der Waals surface area contributed by atoms with E-state index < -0.39 is 24.5 Å². The number of rotatable bonds is 3. The molecule has 2 heterocycles. The fourth-order valence-corrected chi connectivity index (χ4v) is 2.78. The molecule has 0 spiro atoms. The second-order valence-electron chi connectivity index (χ2n) is 5.60. The van der Waals surface area contributed by atoms with Gasteiger partial charge in [0.25, 0.3) is 12.3 Å². The third kappa shape index (κ3) is 3.12. The summed E-state index contributed by atoms with van der Waals surface area (Å²) < 4.78 is 26.4. The predicted molar refractivity (Wildman–Crippen MR) is 88.9 cm³/mol. The van der Waals surface area contributed by atoms with Gasteiger partial charge >= 0.3 is 0 Å². The summed E-state index contributed by atoms with van der Waals surface area (Å²) in [7, 11) is 0. The molecule has 0 bridgehead atoms. The van der Waals surface area contributed by atoms with Gasteiger partial charge in [0.15, 0.2) is 0 Å². The minimum absolute atomic E-state index is 0.0985. The summed E-state index contributed by atoms with van der Waals surface area (Å²) in [6, 6.07) is 6.13. The van der Waals surface area contributed by atoms with E-state index in [4.69, 9.17) is 23.2 Å². The Morgan fingerprint density at radius 1 is 1.36 bits per heavy atom. The molecule has 3 rings (SSSR count). The van der Waals surface area contributed by atoms with Crippen LogP contribution in [-0.2, 0) is 0 Å². The first-order chi connectivity index (χ1) is 11.7. The summed E-state index contributed by atoms with van der Waals surface area (Å²) in [5.41, 5.74) is -1.60. The maximum Gasteiger partial charge on any atom is 0.294 e. The summed E-state index contributed by atoms with van der Waals surface area (Å²) >= 11 is 11.8. The molecule has 1 atom stereocenters. The van der Waals surface area contributed by atoms with E-state index in [1.165, 1.54) is 13.0 Å². The Labute approximate surface area is 151 Å². The Morgan fingerprint density at radius 2 is 2.08 bits per heavy atom. The average molecular weight is 389 g/mol. The van der Waals surface area contributed by atoms with Gasteiger partial charge in [-0.1, -0.05) is 29.3 Å². The lowest BCUT2D eigenvalue weighted by molar-refractivity contribution is -0.164. The maximum absolute atomic E-state index is 13.2. The highest BCUT2D eigenvalue weighted by Crippen LogP contribution is 2.33. The highest BCUT2D eigenvalue weighted by Gasteiger charge is 2.51. The Morgan fingerprint density at radius 3 is 2.72 bits per heavy atom. The molecule has 1 aromatic carbocycles. The monoisotopic (exact) mass is 388 g/mol. The number of aromatic amines is 1. The average Bonchev–Trinajstić information content (AvgIpc) is 3.15. The molecule has 1 aliphatic heterocycles. The summed E-state index contributed by atoms with van der Waals surface area (Å²) in [6.07, 6.45) is -3.60. The number of alkyl halides is 2. The number of aliphatic hydroxyl groups is 1. The molecule has 0 unspecified atom stereocenters. The minimum Gasteiger partial charge on any atom is -0.364 e. The molecule has 1 aromatic heterocycles. The highest BCUT2D eigenvalue weighted by molar-refractivity contribution is 6.42. The number of benzene rings is 1. The van der Waals surface area contributed by atoms with Crippen LogP contribution in [0.5, 0.6) is 0 Å². The van der Waals surface area contributed by atoms with E-state index in [0.717, 1.165) is 0 Å². The second-order valence-corrected chi connectivity index (χ2v) is 6.42. The van der Waals surface area contributed by atoms with Gasteiger partial charge in [0.05, 0.1) is 15.7 Å². The molecule has 0 saturated heterocycles. The van der Waals surface area contributed by atoms with Crippen LogP contribution in [0.1, 0.15) is 23.8 Å². The third-order valence-corrected chi connectivity index (χ3v) is 4.46. The molecule has 0 fully saturated rings. The topological polar surface area (TPSA) is 81.6 Å². The van der Waals surface area contributed by atoms with E-state index in [1.54, 1.807) is 18.2 Å². The van der Waals surface area contributed by atoms with Gasteiger partial charge in [-0.15, -0.1) is 0 Å². The number of hydrogen-bond acceptors (Lipinski definition) is 4. The Balaban J connectivity index is 1.91. The van der Waals surface area contributed by atoms with Crippen LogP contribution in [0.25, 0.3) is 11.3 Å². The SMILES string of the molecule is CC1=NN(C(=O)c2cc(-c3ccc(Cl)c(Cl)c3)n[nH]2)[C@@](O)(C(F)F)C1. The van der Waals surface area contributed by atoms with Gasteiger partial charge in [-0.2, -0.15) is 15.2 Å². The van der Waals surface area contributed by atoms with E-state index in [0.29, 0.717) is 26.3 Å². The fraction of sp³-hybridized carbons (Fsp3) is 0.267. The number of carbonyl (C=O) groups excluding carboxylic acids is 1. The molecule has 1 amide bonds. The van der Waals surface area contributed by atoms with Crippen molar-refractivity contribution in [3.05, 3.63) is 40.0 Å². The first-order valence-corrected chi connectivity index (χ1v) is 7.88. The molecule has 2 N–H and O–H groups in total. The van der Waals surface area contributed by atoms with Crippen molar-refractivity contribution < 1.29 is 18.7 Å². The molecule has 0 radical (unpaired) electrons. The van der Waals surface area contributed by atoms with Crippen LogP contribution in [0, 0.1) is 0 Å². The molecule has 1 aliphatic rings. The lowest BCUT2D eigenvalue weighted by Gasteiger charge is -2.29. The molecule has 6 nitrogen and oxygen atoms in total. The smallest absolute Gasteiger partial charge is 0.294 e. The maximum atomic E-state index is 13.2. The standard InChI is InChI=1S/C15H12Cl2F2N4O2/c1-7-6-15(25,14(18)19)23(22-7)13(24)12-5-11(20-21-12)8-2-3-9(16)10(17)4-8/h2-5,14,25H,6H2,1H3,(H,20,21)/t15-/m0/s1. The van der Waals surface area contributed by atoms with Crippen LogP contribution in [0.2, 0.25) is 10.0 Å². The van der Waals surface area contributed by atoms with Crippen LogP contribution in [0.4, 0.5) is 8.78 Å². The van der Waals surface area contributed by atoms with Crippen molar-refractivity contribution in [1.29, 1.82) is 0 Å². The van der Waals surface area contributed by atoms with E-state index in [2.05, 4.69) is 15.3 Å². The summed E-state index contributed by atoms with van der Waals surface area (Å²) in [4.78, 5) is 12.5. The van der Waals surface area contributed by atoms with Gasteiger partial charge in [0.1, 0.15) is 5.69 Å². The molecule has 2 aromatic rings. The highest BCUT2D eigenvalue weighted by atomic mass is 35.5. The van der Waals surface area contributed by atoms with Crippen molar-refractivity contribution in [3.8, 4) is 11.3 Å². The first-order valence-electron chi connectivity index (χ1n) is 7.12. The lowest BCUT2D eigenvalue weighted by atomic mass is 10.1. The fourth-order valence-electron chi connectivity index (χ4n) is 2.48. The number of halogens is 4. The first kappa shape index (κ1) is 17.8. The van der Waals surface area contributed by atoms with E-state index >= 15 is 0 Å². The van der Waals surface area contributed by atoms with Gasteiger partial charge in [-0.3, -0.25) is 9.89 Å². The lowest BCUT2D eigenvalue weighted by Crippen LogP contribution is -2.51. The Bertz CT molecular complexity index is 871. The number of hydrogen-bond donors (Lipinski definition) is 2. The Kier molecular flexibility index (Phi) is 4.52. The molecule has 25 heavy (non-hydrogen) atoms. The molecule has 0 aliphatic carbocycles. The quantitative estimate of drug-likeness (QED) is 0.843. The predicted octanol–water partition coefficient (Wildman–Crippen LogP) is 3.56. The van der Waals surface area contributed by atoms with Crippen molar-refractivity contribution in [2.45, 2.75) is 25.5 Å². The van der Waals surface area contributed by atoms with E-state index in [9.17, 15) is 18.7 Å². The number of hydrazone groups is 1. The summed E-state index contributed by atoms with van der Waals surface area (Å²) in [5, 5.41) is 21.3. The molecular formula is C15H12Cl2F2N4O2. The van der Waals surface area contributed by atoms with Crippen LogP contribution in [-0.4, -0.2) is 44.1 Å². The molecular weight excluding hydrogens is 377 g/mol.